The number of nitrogens with one attached hydrogen (secondary N) is 1. The number of esters is 1. The minimum absolute atomic E-state index is 0. The molecule has 0 unspecified atom stereocenters. The molecule has 0 aromatic rings. The molecule has 1 fully saturated rings. The van der Waals surface area contributed by atoms with Gasteiger partial charge >= 0.3 is 5.97 Å². The summed E-state index contributed by atoms with van der Waals surface area (Å²) < 4.78 is 4.68. The monoisotopic (exact) mass is 193 g/mol. The number of hydrogen-bond donors (Lipinski definition) is 1. The maximum absolute atomic E-state index is 11.1. The molecule has 0 saturated carbocycles. The molecule has 0 aromatic carbocycles. The second-order valence-electron chi connectivity index (χ2n) is 3.10. The van der Waals surface area contributed by atoms with E-state index in [2.05, 4.69) is 17.0 Å². The fraction of sp³-hybridized carbons (Fsp3) is 0.875. The van der Waals surface area contributed by atoms with E-state index in [4.69, 9.17) is 0 Å². The van der Waals surface area contributed by atoms with E-state index in [-0.39, 0.29) is 24.3 Å². The lowest BCUT2D eigenvalue weighted by Crippen LogP contribution is -2.40. The predicted octanol–water partition coefficient (Wildman–Crippen LogP) is 0.827. The van der Waals surface area contributed by atoms with E-state index in [1.165, 1.54) is 7.11 Å². The molecule has 12 heavy (non-hydrogen) atoms. The summed E-state index contributed by atoms with van der Waals surface area (Å²) in [6.07, 6.45) is 1.07. The summed E-state index contributed by atoms with van der Waals surface area (Å²) in [6, 6.07) is 0. The largest absolute Gasteiger partial charge is 0.469 e. The second-order valence-corrected chi connectivity index (χ2v) is 3.10. The molecule has 2 atom stereocenters. The van der Waals surface area contributed by atoms with Crippen LogP contribution in [0.25, 0.3) is 0 Å². The zero-order valence-electron chi connectivity index (χ0n) is 7.50. The van der Waals surface area contributed by atoms with Gasteiger partial charge in [-0.25, -0.2) is 0 Å². The van der Waals surface area contributed by atoms with Crippen molar-refractivity contribution in [1.82, 2.24) is 5.32 Å². The predicted molar refractivity (Wildman–Crippen MR) is 49.4 cm³/mol. The van der Waals surface area contributed by atoms with Gasteiger partial charge in [0.05, 0.1) is 13.0 Å². The Morgan fingerprint density at radius 2 is 2.25 bits per heavy atom. The molecule has 0 spiro atoms. The first-order valence-electron chi connectivity index (χ1n) is 4.04. The highest BCUT2D eigenvalue weighted by atomic mass is 35.5. The van der Waals surface area contributed by atoms with Crippen LogP contribution in [0.15, 0.2) is 0 Å². The normalized spacial score (nSPS) is 28.8. The molecule has 0 aliphatic carbocycles. The molecule has 1 saturated heterocycles. The van der Waals surface area contributed by atoms with Crippen molar-refractivity contribution >= 4 is 18.4 Å². The number of rotatable bonds is 1. The van der Waals surface area contributed by atoms with Crippen molar-refractivity contribution in [2.45, 2.75) is 13.3 Å². The average molecular weight is 194 g/mol. The molecule has 1 aliphatic heterocycles. The first-order valence-corrected chi connectivity index (χ1v) is 4.04. The number of methoxy groups -OCH3 is 1. The fourth-order valence-electron chi connectivity index (χ4n) is 1.46. The topological polar surface area (TPSA) is 38.3 Å². The summed E-state index contributed by atoms with van der Waals surface area (Å²) in [5, 5.41) is 3.18. The Labute approximate surface area is 79.3 Å². The minimum Gasteiger partial charge on any atom is -0.469 e. The van der Waals surface area contributed by atoms with Crippen LogP contribution in [-0.2, 0) is 9.53 Å². The molecule has 4 heteroatoms. The third kappa shape index (κ3) is 2.64. The Morgan fingerprint density at radius 3 is 2.75 bits per heavy atom. The van der Waals surface area contributed by atoms with Crippen molar-refractivity contribution in [2.75, 3.05) is 20.2 Å². The van der Waals surface area contributed by atoms with Gasteiger partial charge in [0.15, 0.2) is 0 Å². The third-order valence-corrected chi connectivity index (χ3v) is 2.33. The Morgan fingerprint density at radius 1 is 1.58 bits per heavy atom. The van der Waals surface area contributed by atoms with Gasteiger partial charge in [0, 0.05) is 6.54 Å². The number of hydrogen-bond acceptors (Lipinski definition) is 3. The molecule has 0 bridgehead atoms. The number of ether oxygens (including phenoxy) is 1. The molecule has 1 rings (SSSR count). The van der Waals surface area contributed by atoms with Crippen LogP contribution in [0.2, 0.25) is 0 Å². The van der Waals surface area contributed by atoms with Crippen LogP contribution in [-0.4, -0.2) is 26.2 Å². The minimum atomic E-state index is -0.0790. The molecule has 1 N–H and O–H groups in total. The van der Waals surface area contributed by atoms with Gasteiger partial charge in [0.25, 0.3) is 0 Å². The van der Waals surface area contributed by atoms with Gasteiger partial charge in [-0.2, -0.15) is 0 Å². The molecule has 0 aromatic heterocycles. The van der Waals surface area contributed by atoms with E-state index in [1.807, 2.05) is 0 Å². The maximum Gasteiger partial charge on any atom is 0.310 e. The van der Waals surface area contributed by atoms with Gasteiger partial charge in [-0.3, -0.25) is 4.79 Å². The number of carbonyl (C=O) groups is 1. The SMILES string of the molecule is COC(=O)[C@H]1CNCC[C@@H]1C.Cl. The Hall–Kier alpha value is -0.280. The molecule has 0 amide bonds. The van der Waals surface area contributed by atoms with Crippen molar-refractivity contribution in [3.8, 4) is 0 Å². The quantitative estimate of drug-likeness (QED) is 0.627. The Balaban J connectivity index is 0.00000121. The fourth-order valence-corrected chi connectivity index (χ4v) is 1.46. The molecule has 1 heterocycles. The number of carbonyl (C=O) groups excluding carboxylic acids is 1. The zero-order chi connectivity index (χ0) is 8.27. The van der Waals surface area contributed by atoms with Crippen LogP contribution in [0, 0.1) is 11.8 Å². The van der Waals surface area contributed by atoms with E-state index >= 15 is 0 Å². The van der Waals surface area contributed by atoms with Crippen LogP contribution in [0.3, 0.4) is 0 Å². The van der Waals surface area contributed by atoms with Gasteiger partial charge in [-0.05, 0) is 18.9 Å². The van der Waals surface area contributed by atoms with Crippen LogP contribution in [0.1, 0.15) is 13.3 Å². The van der Waals surface area contributed by atoms with Gasteiger partial charge in [0.1, 0.15) is 0 Å². The molecular formula is C8H16ClNO2. The summed E-state index contributed by atoms with van der Waals surface area (Å²) in [6.45, 7) is 3.89. The van der Waals surface area contributed by atoms with Gasteiger partial charge in [-0.1, -0.05) is 6.92 Å². The summed E-state index contributed by atoms with van der Waals surface area (Å²) in [7, 11) is 1.45. The highest BCUT2D eigenvalue weighted by Crippen LogP contribution is 2.18. The van der Waals surface area contributed by atoms with Gasteiger partial charge < -0.3 is 10.1 Å². The van der Waals surface area contributed by atoms with Crippen LogP contribution in [0.4, 0.5) is 0 Å². The highest BCUT2D eigenvalue weighted by molar-refractivity contribution is 5.85. The molecule has 3 nitrogen and oxygen atoms in total. The number of piperidine rings is 1. The van der Waals surface area contributed by atoms with Crippen molar-refractivity contribution < 1.29 is 9.53 Å². The number of halogens is 1. The molecule has 72 valence electrons. The smallest absolute Gasteiger partial charge is 0.310 e. The summed E-state index contributed by atoms with van der Waals surface area (Å²) in [4.78, 5) is 11.1. The lowest BCUT2D eigenvalue weighted by molar-refractivity contribution is -0.147. The highest BCUT2D eigenvalue weighted by Gasteiger charge is 2.27. The van der Waals surface area contributed by atoms with E-state index < -0.39 is 0 Å². The van der Waals surface area contributed by atoms with E-state index in [9.17, 15) is 4.79 Å². The lowest BCUT2D eigenvalue weighted by atomic mass is 9.88. The first-order chi connectivity index (χ1) is 5.25. The van der Waals surface area contributed by atoms with Crippen LogP contribution in [0.5, 0.6) is 0 Å². The van der Waals surface area contributed by atoms with Crippen LogP contribution >= 0.6 is 12.4 Å². The van der Waals surface area contributed by atoms with Crippen molar-refractivity contribution in [1.29, 1.82) is 0 Å². The van der Waals surface area contributed by atoms with Crippen LogP contribution < -0.4 is 5.32 Å². The summed E-state index contributed by atoms with van der Waals surface area (Å²) in [5.41, 5.74) is 0. The van der Waals surface area contributed by atoms with E-state index in [1.54, 1.807) is 0 Å². The van der Waals surface area contributed by atoms with Crippen molar-refractivity contribution in [2.24, 2.45) is 11.8 Å². The molecular weight excluding hydrogens is 178 g/mol. The van der Waals surface area contributed by atoms with Gasteiger partial charge in [0.2, 0.25) is 0 Å². The molecule has 1 aliphatic rings. The van der Waals surface area contributed by atoms with Crippen molar-refractivity contribution in [3.05, 3.63) is 0 Å². The summed E-state index contributed by atoms with van der Waals surface area (Å²) in [5.74, 6) is 0.446. The second kappa shape index (κ2) is 5.38. The first kappa shape index (κ1) is 11.7. The van der Waals surface area contributed by atoms with E-state index in [0.29, 0.717) is 5.92 Å². The lowest BCUT2D eigenvalue weighted by Gasteiger charge is -2.26. The van der Waals surface area contributed by atoms with Crippen molar-refractivity contribution in [3.63, 3.8) is 0 Å². The van der Waals surface area contributed by atoms with E-state index in [0.717, 1.165) is 19.5 Å². The summed E-state index contributed by atoms with van der Waals surface area (Å²) >= 11 is 0. The molecule has 0 radical (unpaired) electrons. The Kier molecular flexibility index (Phi) is 5.25. The third-order valence-electron chi connectivity index (χ3n) is 2.33. The van der Waals surface area contributed by atoms with Gasteiger partial charge in [-0.15, -0.1) is 12.4 Å². The average Bonchev–Trinajstić information content (AvgIpc) is 2.04. The zero-order valence-corrected chi connectivity index (χ0v) is 8.32. The Bertz CT molecular complexity index is 152. The maximum atomic E-state index is 11.1. The standard InChI is InChI=1S/C8H15NO2.ClH/c1-6-3-4-9-5-7(6)8(10)11-2;/h6-7,9H,3-5H2,1-2H3;1H/t6-,7-;/m0./s1.